The van der Waals surface area contributed by atoms with Gasteiger partial charge in [-0.15, -0.1) is 0 Å². The minimum Gasteiger partial charge on any atom is -0.349 e. The maximum atomic E-state index is 12.3. The van der Waals surface area contributed by atoms with E-state index in [2.05, 4.69) is 15.5 Å². The van der Waals surface area contributed by atoms with Gasteiger partial charge in [-0.1, -0.05) is 48.3 Å². The molecule has 3 aromatic rings. The third-order valence-corrected chi connectivity index (χ3v) is 4.54. The Morgan fingerprint density at radius 2 is 1.68 bits per heavy atom. The quantitative estimate of drug-likeness (QED) is 0.781. The zero-order chi connectivity index (χ0) is 17.1. The molecule has 25 heavy (non-hydrogen) atoms. The summed E-state index contributed by atoms with van der Waals surface area (Å²) in [6, 6.07) is 17.3. The topological polar surface area (TPSA) is 68.0 Å². The van der Waals surface area contributed by atoms with Crippen LogP contribution in [0.3, 0.4) is 0 Å². The van der Waals surface area contributed by atoms with Crippen molar-refractivity contribution in [1.29, 1.82) is 0 Å². The number of hydrogen-bond acceptors (Lipinski definition) is 4. The van der Waals surface area contributed by atoms with E-state index in [1.807, 2.05) is 42.5 Å². The van der Waals surface area contributed by atoms with Gasteiger partial charge in [-0.25, -0.2) is 0 Å². The van der Waals surface area contributed by atoms with Crippen LogP contribution in [0.15, 0.2) is 59.1 Å². The van der Waals surface area contributed by atoms with E-state index < -0.39 is 0 Å². The zero-order valence-corrected chi connectivity index (χ0v) is 13.8. The normalized spacial score (nSPS) is 14.6. The summed E-state index contributed by atoms with van der Waals surface area (Å²) in [6.07, 6.45) is 4.55. The molecule has 2 aromatic carbocycles. The number of amides is 1. The Morgan fingerprint density at radius 3 is 2.40 bits per heavy atom. The lowest BCUT2D eigenvalue weighted by molar-refractivity contribution is 0.0938. The molecule has 1 saturated carbocycles. The molecule has 5 heteroatoms. The summed E-state index contributed by atoms with van der Waals surface area (Å²) in [7, 11) is 0. The van der Waals surface area contributed by atoms with Crippen LogP contribution in [-0.4, -0.2) is 22.1 Å². The fourth-order valence-corrected chi connectivity index (χ4v) is 3.15. The molecule has 4 rings (SSSR count). The molecule has 0 saturated heterocycles. The molecule has 0 atom stereocenters. The van der Waals surface area contributed by atoms with E-state index >= 15 is 0 Å². The first kappa shape index (κ1) is 15.6. The van der Waals surface area contributed by atoms with Crippen molar-refractivity contribution >= 4 is 5.91 Å². The summed E-state index contributed by atoms with van der Waals surface area (Å²) in [5.74, 6) is 0.981. The van der Waals surface area contributed by atoms with Crippen molar-refractivity contribution in [1.82, 2.24) is 15.5 Å². The molecule has 126 valence electrons. The van der Waals surface area contributed by atoms with Crippen LogP contribution in [0, 0.1) is 0 Å². The van der Waals surface area contributed by atoms with Crippen LogP contribution in [0.2, 0.25) is 0 Å². The number of aromatic nitrogens is 2. The highest BCUT2D eigenvalue weighted by atomic mass is 16.5. The molecular weight excluding hydrogens is 314 g/mol. The van der Waals surface area contributed by atoms with Crippen LogP contribution >= 0.6 is 0 Å². The van der Waals surface area contributed by atoms with Crippen molar-refractivity contribution in [2.45, 2.75) is 31.7 Å². The van der Waals surface area contributed by atoms with Crippen molar-refractivity contribution in [3.05, 3.63) is 60.2 Å². The fraction of sp³-hybridized carbons (Fsp3) is 0.250. The number of hydrogen-bond donors (Lipinski definition) is 1. The Balaban J connectivity index is 1.48. The summed E-state index contributed by atoms with van der Waals surface area (Å²) < 4.78 is 5.35. The zero-order valence-electron chi connectivity index (χ0n) is 13.8. The summed E-state index contributed by atoms with van der Waals surface area (Å²) in [5.41, 5.74) is 2.36. The molecule has 1 amide bonds. The maximum absolute atomic E-state index is 12.3. The van der Waals surface area contributed by atoms with E-state index in [1.54, 1.807) is 12.1 Å². The highest BCUT2D eigenvalue weighted by Gasteiger charge is 2.18. The first-order chi connectivity index (χ1) is 12.3. The van der Waals surface area contributed by atoms with Gasteiger partial charge in [-0.3, -0.25) is 4.79 Å². The number of nitrogens with zero attached hydrogens (tertiary/aromatic N) is 2. The van der Waals surface area contributed by atoms with Crippen LogP contribution in [-0.2, 0) is 0 Å². The fourth-order valence-electron chi connectivity index (χ4n) is 3.15. The molecular formula is C20H19N3O2. The first-order valence-corrected chi connectivity index (χ1v) is 8.60. The Morgan fingerprint density at radius 1 is 0.960 bits per heavy atom. The Hall–Kier alpha value is -2.95. The van der Waals surface area contributed by atoms with Crippen LogP contribution < -0.4 is 5.32 Å². The molecule has 0 aliphatic heterocycles. The molecule has 5 nitrogen and oxygen atoms in total. The van der Waals surface area contributed by atoms with E-state index in [9.17, 15) is 4.79 Å². The Labute approximate surface area is 146 Å². The second-order valence-corrected chi connectivity index (χ2v) is 6.32. The summed E-state index contributed by atoms with van der Waals surface area (Å²) in [5, 5.41) is 7.11. The number of benzene rings is 2. The highest BCUT2D eigenvalue weighted by molar-refractivity contribution is 5.94. The van der Waals surface area contributed by atoms with Gasteiger partial charge in [0.15, 0.2) is 0 Å². The third kappa shape index (κ3) is 3.45. The minimum atomic E-state index is -0.0195. The Kier molecular flexibility index (Phi) is 4.29. The van der Waals surface area contributed by atoms with Crippen molar-refractivity contribution < 1.29 is 9.32 Å². The number of carbonyl (C=O) groups is 1. The van der Waals surface area contributed by atoms with E-state index in [1.165, 1.54) is 12.8 Å². The summed E-state index contributed by atoms with van der Waals surface area (Å²) in [4.78, 5) is 16.7. The maximum Gasteiger partial charge on any atom is 0.258 e. The van der Waals surface area contributed by atoms with Crippen LogP contribution in [0.5, 0.6) is 0 Å². The minimum absolute atomic E-state index is 0.0195. The van der Waals surface area contributed by atoms with Gasteiger partial charge in [0.25, 0.3) is 11.8 Å². The van der Waals surface area contributed by atoms with Gasteiger partial charge in [0.2, 0.25) is 5.82 Å². The van der Waals surface area contributed by atoms with Gasteiger partial charge >= 0.3 is 0 Å². The molecule has 1 aromatic heterocycles. The number of rotatable bonds is 4. The van der Waals surface area contributed by atoms with Crippen molar-refractivity contribution in [3.8, 4) is 22.8 Å². The van der Waals surface area contributed by atoms with Crippen molar-refractivity contribution in [3.63, 3.8) is 0 Å². The van der Waals surface area contributed by atoms with Crippen molar-refractivity contribution in [2.24, 2.45) is 0 Å². The van der Waals surface area contributed by atoms with Gasteiger partial charge in [-0.05, 0) is 37.1 Å². The van der Waals surface area contributed by atoms with Gasteiger partial charge < -0.3 is 9.84 Å². The van der Waals surface area contributed by atoms with Gasteiger partial charge in [-0.2, -0.15) is 4.98 Å². The van der Waals surface area contributed by atoms with E-state index in [4.69, 9.17) is 4.52 Å². The number of carbonyl (C=O) groups excluding carboxylic acids is 1. The highest BCUT2D eigenvalue weighted by Crippen LogP contribution is 2.23. The standard InChI is InChI=1S/C20H19N3O2/c24-19(21-17-8-4-5-9-17)15-10-12-16(13-11-15)20-22-18(23-25-20)14-6-2-1-3-7-14/h1-3,6-7,10-13,17H,4-5,8-9H2,(H,21,24). The van der Waals surface area contributed by atoms with E-state index in [0.717, 1.165) is 24.0 Å². The average Bonchev–Trinajstić information content (AvgIpc) is 3.34. The number of nitrogens with one attached hydrogen (secondary N) is 1. The monoisotopic (exact) mass is 333 g/mol. The molecule has 0 radical (unpaired) electrons. The molecule has 0 unspecified atom stereocenters. The molecule has 1 N–H and O–H groups in total. The van der Waals surface area contributed by atoms with Crippen LogP contribution in [0.25, 0.3) is 22.8 Å². The molecule has 0 bridgehead atoms. The lowest BCUT2D eigenvalue weighted by atomic mass is 10.1. The predicted molar refractivity (Wildman–Crippen MR) is 94.9 cm³/mol. The summed E-state index contributed by atoms with van der Waals surface area (Å²) in [6.45, 7) is 0. The smallest absolute Gasteiger partial charge is 0.258 e. The molecule has 1 fully saturated rings. The van der Waals surface area contributed by atoms with Crippen molar-refractivity contribution in [2.75, 3.05) is 0 Å². The molecule has 1 aliphatic carbocycles. The van der Waals surface area contributed by atoms with Gasteiger partial charge in [0.05, 0.1) is 0 Å². The van der Waals surface area contributed by atoms with Crippen LogP contribution in [0.4, 0.5) is 0 Å². The second kappa shape index (κ2) is 6.89. The third-order valence-electron chi connectivity index (χ3n) is 4.54. The largest absolute Gasteiger partial charge is 0.349 e. The lowest BCUT2D eigenvalue weighted by Gasteiger charge is -2.11. The van der Waals surface area contributed by atoms with Crippen LogP contribution in [0.1, 0.15) is 36.0 Å². The lowest BCUT2D eigenvalue weighted by Crippen LogP contribution is -2.32. The second-order valence-electron chi connectivity index (χ2n) is 6.32. The first-order valence-electron chi connectivity index (χ1n) is 8.60. The average molecular weight is 333 g/mol. The van der Waals surface area contributed by atoms with Gasteiger partial charge in [0.1, 0.15) is 0 Å². The van der Waals surface area contributed by atoms with E-state index in [0.29, 0.717) is 23.3 Å². The molecule has 0 spiro atoms. The van der Waals surface area contributed by atoms with Gasteiger partial charge in [0, 0.05) is 22.7 Å². The molecule has 1 aliphatic rings. The summed E-state index contributed by atoms with van der Waals surface area (Å²) >= 11 is 0. The predicted octanol–water partition coefficient (Wildman–Crippen LogP) is 4.08. The SMILES string of the molecule is O=C(NC1CCCC1)c1ccc(-c2nc(-c3ccccc3)no2)cc1. The Bertz CT molecular complexity index is 850. The molecule has 1 heterocycles. The van der Waals surface area contributed by atoms with E-state index in [-0.39, 0.29) is 5.91 Å².